The first-order chi connectivity index (χ1) is 9.60. The first-order valence-electron chi connectivity index (χ1n) is 6.89. The van der Waals surface area contributed by atoms with E-state index in [-0.39, 0.29) is 5.82 Å². The molecule has 1 N–H and O–H groups in total. The highest BCUT2D eigenvalue weighted by Crippen LogP contribution is 2.38. The van der Waals surface area contributed by atoms with Crippen molar-refractivity contribution in [2.45, 2.75) is 31.7 Å². The lowest BCUT2D eigenvalue weighted by atomic mass is 9.76. The molecule has 0 heterocycles. The Bertz CT molecular complexity index is 583. The highest BCUT2D eigenvalue weighted by Gasteiger charge is 2.30. The van der Waals surface area contributed by atoms with Crippen LogP contribution in [0.25, 0.3) is 0 Å². The quantitative estimate of drug-likeness (QED) is 0.824. The molecule has 1 saturated carbocycles. The smallest absolute Gasteiger partial charge is 0.125 e. The highest BCUT2D eigenvalue weighted by atomic mass is 35.5. The Kier molecular flexibility index (Phi) is 3.66. The zero-order valence-corrected chi connectivity index (χ0v) is 12.1. The predicted octanol–water partition coefficient (Wildman–Crippen LogP) is 5.15. The van der Waals surface area contributed by atoms with Crippen LogP contribution in [0, 0.1) is 12.7 Å². The Labute approximate surface area is 123 Å². The second-order valence-corrected chi connectivity index (χ2v) is 6.01. The first kappa shape index (κ1) is 13.4. The molecule has 0 saturated heterocycles. The van der Waals surface area contributed by atoms with E-state index in [1.165, 1.54) is 5.56 Å². The first-order valence-corrected chi connectivity index (χ1v) is 7.27. The molecule has 0 aliphatic heterocycles. The Hall–Kier alpha value is -1.54. The van der Waals surface area contributed by atoms with Crippen LogP contribution >= 0.6 is 11.6 Å². The van der Waals surface area contributed by atoms with Gasteiger partial charge >= 0.3 is 0 Å². The van der Waals surface area contributed by atoms with Gasteiger partial charge < -0.3 is 5.32 Å². The van der Waals surface area contributed by atoms with Gasteiger partial charge in [0.1, 0.15) is 5.82 Å². The summed E-state index contributed by atoms with van der Waals surface area (Å²) in [6, 6.07) is 13.6. The van der Waals surface area contributed by atoms with E-state index in [0.717, 1.165) is 29.1 Å². The Morgan fingerprint density at radius 3 is 2.45 bits per heavy atom. The molecule has 0 unspecified atom stereocenters. The molecule has 3 heteroatoms. The van der Waals surface area contributed by atoms with E-state index in [1.54, 1.807) is 12.1 Å². The van der Waals surface area contributed by atoms with Crippen molar-refractivity contribution >= 4 is 17.3 Å². The van der Waals surface area contributed by atoms with Gasteiger partial charge in [-0.05, 0) is 67.1 Å². The second-order valence-electron chi connectivity index (χ2n) is 5.58. The summed E-state index contributed by atoms with van der Waals surface area (Å²) in [7, 11) is 0. The van der Waals surface area contributed by atoms with Crippen LogP contribution in [0.15, 0.2) is 42.5 Å². The van der Waals surface area contributed by atoms with Crippen LogP contribution in [0.5, 0.6) is 0 Å². The standard InChI is InChI=1S/C17H17ClFN/c1-11-6-15(19)10-16(7-11)20-17-8-13(9-17)12-2-4-14(18)5-3-12/h2-7,10,13,17,20H,8-9H2,1H3. The van der Waals surface area contributed by atoms with Gasteiger partial charge in [-0.25, -0.2) is 4.39 Å². The summed E-state index contributed by atoms with van der Waals surface area (Å²) < 4.78 is 13.3. The van der Waals surface area contributed by atoms with E-state index in [2.05, 4.69) is 17.4 Å². The fourth-order valence-electron chi connectivity index (χ4n) is 2.80. The van der Waals surface area contributed by atoms with Gasteiger partial charge in [-0.2, -0.15) is 0 Å². The minimum Gasteiger partial charge on any atom is -0.382 e. The molecule has 1 fully saturated rings. The number of anilines is 1. The Morgan fingerprint density at radius 2 is 1.80 bits per heavy atom. The minimum absolute atomic E-state index is 0.180. The van der Waals surface area contributed by atoms with Crippen molar-refractivity contribution in [1.82, 2.24) is 0 Å². The SMILES string of the molecule is Cc1cc(F)cc(NC2CC(c3ccc(Cl)cc3)C2)c1. The van der Waals surface area contributed by atoms with Crippen molar-refractivity contribution in [2.75, 3.05) is 5.32 Å². The molecule has 104 valence electrons. The second kappa shape index (κ2) is 5.45. The summed E-state index contributed by atoms with van der Waals surface area (Å²) in [5.74, 6) is 0.403. The number of rotatable bonds is 3. The fourth-order valence-corrected chi connectivity index (χ4v) is 2.92. The molecule has 0 bridgehead atoms. The van der Waals surface area contributed by atoms with Gasteiger partial charge in [0.2, 0.25) is 0 Å². The maximum atomic E-state index is 13.3. The van der Waals surface area contributed by atoms with Crippen LogP contribution in [0.3, 0.4) is 0 Å². The third-order valence-electron chi connectivity index (χ3n) is 3.89. The lowest BCUT2D eigenvalue weighted by molar-refractivity contribution is 0.374. The minimum atomic E-state index is -0.180. The monoisotopic (exact) mass is 289 g/mol. The number of hydrogen-bond acceptors (Lipinski definition) is 1. The van der Waals surface area contributed by atoms with Crippen molar-refractivity contribution in [1.29, 1.82) is 0 Å². The summed E-state index contributed by atoms with van der Waals surface area (Å²) in [4.78, 5) is 0. The summed E-state index contributed by atoms with van der Waals surface area (Å²) in [6.07, 6.45) is 2.16. The third kappa shape index (κ3) is 2.96. The predicted molar refractivity (Wildman–Crippen MR) is 82.0 cm³/mol. The molecule has 2 aromatic carbocycles. The largest absolute Gasteiger partial charge is 0.382 e. The van der Waals surface area contributed by atoms with Crippen molar-refractivity contribution in [3.8, 4) is 0 Å². The average Bonchev–Trinajstić information content (AvgIpc) is 2.33. The molecule has 0 spiro atoms. The molecule has 0 aromatic heterocycles. The van der Waals surface area contributed by atoms with E-state index in [4.69, 9.17) is 11.6 Å². The summed E-state index contributed by atoms with van der Waals surface area (Å²) in [5, 5.41) is 4.18. The van der Waals surface area contributed by atoms with Crippen molar-refractivity contribution in [3.63, 3.8) is 0 Å². The van der Waals surface area contributed by atoms with Crippen LogP contribution in [0.1, 0.15) is 29.9 Å². The van der Waals surface area contributed by atoms with Crippen molar-refractivity contribution < 1.29 is 4.39 Å². The average molecular weight is 290 g/mol. The van der Waals surface area contributed by atoms with E-state index >= 15 is 0 Å². The summed E-state index contributed by atoms with van der Waals surface area (Å²) in [6.45, 7) is 1.91. The zero-order chi connectivity index (χ0) is 14.1. The molecule has 0 atom stereocenters. The van der Waals surface area contributed by atoms with Crippen molar-refractivity contribution in [2.24, 2.45) is 0 Å². The number of benzene rings is 2. The summed E-state index contributed by atoms with van der Waals surface area (Å²) >= 11 is 5.90. The molecular formula is C17H17ClFN. The van der Waals surface area contributed by atoms with E-state index < -0.39 is 0 Å². The van der Waals surface area contributed by atoms with Gasteiger partial charge in [0.15, 0.2) is 0 Å². The number of aryl methyl sites for hydroxylation is 1. The van der Waals surface area contributed by atoms with Gasteiger partial charge in [-0.3, -0.25) is 0 Å². The summed E-state index contributed by atoms with van der Waals surface area (Å²) in [5.41, 5.74) is 3.16. The molecule has 1 aliphatic rings. The molecule has 1 aliphatic carbocycles. The highest BCUT2D eigenvalue weighted by molar-refractivity contribution is 6.30. The molecule has 1 nitrogen and oxygen atoms in total. The van der Waals surface area contributed by atoms with Gasteiger partial charge in [0.25, 0.3) is 0 Å². The van der Waals surface area contributed by atoms with Crippen LogP contribution in [-0.2, 0) is 0 Å². The van der Waals surface area contributed by atoms with Gasteiger partial charge in [-0.1, -0.05) is 23.7 Å². The van der Waals surface area contributed by atoms with Crippen LogP contribution in [0.4, 0.5) is 10.1 Å². The molecule has 20 heavy (non-hydrogen) atoms. The third-order valence-corrected chi connectivity index (χ3v) is 4.14. The Morgan fingerprint density at radius 1 is 1.10 bits per heavy atom. The molecule has 3 rings (SSSR count). The lowest BCUT2D eigenvalue weighted by Gasteiger charge is -2.37. The van der Waals surface area contributed by atoms with Crippen molar-refractivity contribution in [3.05, 3.63) is 64.4 Å². The van der Waals surface area contributed by atoms with E-state index in [1.807, 2.05) is 25.1 Å². The number of nitrogens with one attached hydrogen (secondary N) is 1. The molecular weight excluding hydrogens is 273 g/mol. The van der Waals surface area contributed by atoms with Crippen LogP contribution in [0.2, 0.25) is 5.02 Å². The van der Waals surface area contributed by atoms with E-state index in [9.17, 15) is 4.39 Å². The molecule has 0 radical (unpaired) electrons. The molecule has 2 aromatic rings. The lowest BCUT2D eigenvalue weighted by Crippen LogP contribution is -2.34. The topological polar surface area (TPSA) is 12.0 Å². The van der Waals surface area contributed by atoms with E-state index in [0.29, 0.717) is 12.0 Å². The van der Waals surface area contributed by atoms with Crippen LogP contribution < -0.4 is 5.32 Å². The number of hydrogen-bond donors (Lipinski definition) is 1. The molecule has 0 amide bonds. The normalized spacial score (nSPS) is 21.4. The fraction of sp³-hybridized carbons (Fsp3) is 0.294. The van der Waals surface area contributed by atoms with Crippen LogP contribution in [-0.4, -0.2) is 6.04 Å². The maximum absolute atomic E-state index is 13.3. The Balaban J connectivity index is 1.59. The zero-order valence-electron chi connectivity index (χ0n) is 11.4. The van der Waals surface area contributed by atoms with Gasteiger partial charge in [0, 0.05) is 16.8 Å². The van der Waals surface area contributed by atoms with Gasteiger partial charge in [0.05, 0.1) is 0 Å². The maximum Gasteiger partial charge on any atom is 0.125 e. The number of halogens is 2. The van der Waals surface area contributed by atoms with Gasteiger partial charge in [-0.15, -0.1) is 0 Å².